The van der Waals surface area contributed by atoms with Crippen LogP contribution in [0, 0.1) is 12.7 Å². The molecular weight excluding hydrogens is 227 g/mol. The molecule has 100 valence electrons. The third-order valence-electron chi connectivity index (χ3n) is 3.92. The highest BCUT2D eigenvalue weighted by atomic mass is 19.1. The maximum absolute atomic E-state index is 14.0. The summed E-state index contributed by atoms with van der Waals surface area (Å²) in [5.74, 6) is -0.110. The summed E-state index contributed by atoms with van der Waals surface area (Å²) >= 11 is 0. The van der Waals surface area contributed by atoms with Crippen molar-refractivity contribution in [2.45, 2.75) is 39.2 Å². The minimum atomic E-state index is -0.110. The normalized spacial score (nSPS) is 25.0. The van der Waals surface area contributed by atoms with E-state index in [-0.39, 0.29) is 11.4 Å². The van der Waals surface area contributed by atoms with Gasteiger partial charge in [0.05, 0.1) is 5.69 Å². The molecule has 2 rings (SSSR count). The van der Waals surface area contributed by atoms with Crippen molar-refractivity contribution >= 4 is 5.69 Å². The van der Waals surface area contributed by atoms with Crippen LogP contribution >= 0.6 is 0 Å². The molecule has 1 aliphatic rings. The maximum Gasteiger partial charge on any atom is 0.146 e. The second-order valence-electron chi connectivity index (χ2n) is 5.57. The van der Waals surface area contributed by atoms with Crippen LogP contribution in [0.1, 0.15) is 32.3 Å². The Kier molecular flexibility index (Phi) is 3.91. The van der Waals surface area contributed by atoms with Crippen LogP contribution in [0.3, 0.4) is 0 Å². The Labute approximate surface area is 109 Å². The SMILES string of the molecule is CCC1(C)CN(c2cc(C)ccc2F)CCCN1. The molecule has 0 saturated carbocycles. The van der Waals surface area contributed by atoms with Crippen molar-refractivity contribution in [1.29, 1.82) is 0 Å². The Balaban J connectivity index is 2.28. The average Bonchev–Trinajstić information content (AvgIpc) is 2.55. The zero-order chi connectivity index (χ0) is 13.2. The van der Waals surface area contributed by atoms with Crippen LogP contribution in [-0.2, 0) is 0 Å². The van der Waals surface area contributed by atoms with E-state index in [2.05, 4.69) is 24.1 Å². The van der Waals surface area contributed by atoms with E-state index in [0.29, 0.717) is 0 Å². The van der Waals surface area contributed by atoms with Crippen molar-refractivity contribution in [2.75, 3.05) is 24.5 Å². The third-order valence-corrected chi connectivity index (χ3v) is 3.92. The standard InChI is InChI=1S/C15H23FN2/c1-4-15(3)11-18(9-5-8-17-15)14-10-12(2)6-7-13(14)16/h6-7,10,17H,4-5,8-9,11H2,1-3H3. The molecule has 1 aliphatic heterocycles. The monoisotopic (exact) mass is 250 g/mol. The molecule has 1 unspecified atom stereocenters. The lowest BCUT2D eigenvalue weighted by molar-refractivity contribution is 0.366. The molecular formula is C15H23FN2. The maximum atomic E-state index is 14.0. The summed E-state index contributed by atoms with van der Waals surface area (Å²) in [7, 11) is 0. The van der Waals surface area contributed by atoms with Crippen molar-refractivity contribution < 1.29 is 4.39 Å². The smallest absolute Gasteiger partial charge is 0.146 e. The molecule has 1 fully saturated rings. The summed E-state index contributed by atoms with van der Waals surface area (Å²) < 4.78 is 14.0. The first kappa shape index (κ1) is 13.3. The number of rotatable bonds is 2. The van der Waals surface area contributed by atoms with Crippen LogP contribution < -0.4 is 10.2 Å². The molecule has 0 bridgehead atoms. The highest BCUT2D eigenvalue weighted by Gasteiger charge is 2.28. The van der Waals surface area contributed by atoms with Gasteiger partial charge in [-0.05, 0) is 50.9 Å². The molecule has 0 aromatic heterocycles. The number of anilines is 1. The molecule has 1 saturated heterocycles. The Morgan fingerprint density at radius 3 is 2.94 bits per heavy atom. The van der Waals surface area contributed by atoms with Crippen molar-refractivity contribution in [1.82, 2.24) is 5.32 Å². The highest BCUT2D eigenvalue weighted by molar-refractivity contribution is 5.50. The summed E-state index contributed by atoms with van der Waals surface area (Å²) in [6.45, 7) is 9.21. The largest absolute Gasteiger partial charge is 0.367 e. The Morgan fingerprint density at radius 2 is 2.22 bits per heavy atom. The predicted octanol–water partition coefficient (Wildman–Crippen LogP) is 3.10. The number of aryl methyl sites for hydroxylation is 1. The van der Waals surface area contributed by atoms with Gasteiger partial charge in [-0.3, -0.25) is 0 Å². The third kappa shape index (κ3) is 2.83. The first-order valence-corrected chi connectivity index (χ1v) is 6.80. The van der Waals surface area contributed by atoms with E-state index in [1.165, 1.54) is 0 Å². The summed E-state index contributed by atoms with van der Waals surface area (Å²) in [6, 6.07) is 5.36. The Morgan fingerprint density at radius 1 is 1.44 bits per heavy atom. The van der Waals surface area contributed by atoms with Crippen molar-refractivity contribution in [2.24, 2.45) is 0 Å². The van der Waals surface area contributed by atoms with Gasteiger partial charge in [0, 0.05) is 18.6 Å². The van der Waals surface area contributed by atoms with E-state index in [0.717, 1.165) is 43.7 Å². The number of hydrogen-bond acceptors (Lipinski definition) is 2. The molecule has 2 nitrogen and oxygen atoms in total. The van der Waals surface area contributed by atoms with Gasteiger partial charge in [-0.15, -0.1) is 0 Å². The molecule has 1 aromatic carbocycles. The van der Waals surface area contributed by atoms with Gasteiger partial charge >= 0.3 is 0 Å². The van der Waals surface area contributed by atoms with Crippen LogP contribution in [0.5, 0.6) is 0 Å². The van der Waals surface area contributed by atoms with Gasteiger partial charge in [-0.2, -0.15) is 0 Å². The average molecular weight is 250 g/mol. The van der Waals surface area contributed by atoms with Crippen LogP contribution in [0.15, 0.2) is 18.2 Å². The van der Waals surface area contributed by atoms with Gasteiger partial charge in [0.15, 0.2) is 0 Å². The molecule has 1 atom stereocenters. The lowest BCUT2D eigenvalue weighted by Gasteiger charge is -2.34. The molecule has 0 radical (unpaired) electrons. The van der Waals surface area contributed by atoms with Gasteiger partial charge in [0.1, 0.15) is 5.82 Å². The number of benzene rings is 1. The van der Waals surface area contributed by atoms with E-state index in [9.17, 15) is 4.39 Å². The number of nitrogens with one attached hydrogen (secondary N) is 1. The number of halogens is 1. The van der Waals surface area contributed by atoms with Crippen LogP contribution in [0.25, 0.3) is 0 Å². The minimum Gasteiger partial charge on any atom is -0.367 e. The quantitative estimate of drug-likeness (QED) is 0.867. The van der Waals surface area contributed by atoms with Crippen molar-refractivity contribution in [3.8, 4) is 0 Å². The summed E-state index contributed by atoms with van der Waals surface area (Å²) in [4.78, 5) is 2.19. The van der Waals surface area contributed by atoms with E-state index in [4.69, 9.17) is 0 Å². The van der Waals surface area contributed by atoms with Crippen LogP contribution in [-0.4, -0.2) is 25.2 Å². The molecule has 0 spiro atoms. The predicted molar refractivity (Wildman–Crippen MR) is 74.7 cm³/mol. The lowest BCUT2D eigenvalue weighted by Crippen LogP contribution is -2.48. The van der Waals surface area contributed by atoms with E-state index < -0.39 is 0 Å². The zero-order valence-electron chi connectivity index (χ0n) is 11.6. The Hall–Kier alpha value is -1.09. The van der Waals surface area contributed by atoms with E-state index >= 15 is 0 Å². The molecule has 18 heavy (non-hydrogen) atoms. The van der Waals surface area contributed by atoms with Crippen molar-refractivity contribution in [3.63, 3.8) is 0 Å². The minimum absolute atomic E-state index is 0.0761. The second kappa shape index (κ2) is 5.27. The summed E-state index contributed by atoms with van der Waals surface area (Å²) in [5, 5.41) is 3.58. The van der Waals surface area contributed by atoms with E-state index in [1.54, 1.807) is 6.07 Å². The van der Waals surface area contributed by atoms with Gasteiger partial charge in [0.2, 0.25) is 0 Å². The van der Waals surface area contributed by atoms with Gasteiger partial charge < -0.3 is 10.2 Å². The fourth-order valence-corrected chi connectivity index (χ4v) is 2.52. The van der Waals surface area contributed by atoms with Gasteiger partial charge in [0.25, 0.3) is 0 Å². The van der Waals surface area contributed by atoms with Gasteiger partial charge in [-0.25, -0.2) is 4.39 Å². The number of nitrogens with zero attached hydrogens (tertiary/aromatic N) is 1. The summed E-state index contributed by atoms with van der Waals surface area (Å²) in [5.41, 5.74) is 1.94. The second-order valence-corrected chi connectivity index (χ2v) is 5.57. The molecule has 0 aliphatic carbocycles. The summed E-state index contributed by atoms with van der Waals surface area (Å²) in [6.07, 6.45) is 2.11. The zero-order valence-corrected chi connectivity index (χ0v) is 11.6. The molecule has 0 amide bonds. The molecule has 1 heterocycles. The first-order valence-electron chi connectivity index (χ1n) is 6.80. The van der Waals surface area contributed by atoms with Gasteiger partial charge in [-0.1, -0.05) is 13.0 Å². The van der Waals surface area contributed by atoms with Crippen molar-refractivity contribution in [3.05, 3.63) is 29.6 Å². The fourth-order valence-electron chi connectivity index (χ4n) is 2.52. The molecule has 3 heteroatoms. The Bertz CT molecular complexity index is 419. The fraction of sp³-hybridized carbons (Fsp3) is 0.600. The first-order chi connectivity index (χ1) is 8.54. The lowest BCUT2D eigenvalue weighted by atomic mass is 9.98. The van der Waals surface area contributed by atoms with E-state index in [1.807, 2.05) is 19.1 Å². The highest BCUT2D eigenvalue weighted by Crippen LogP contribution is 2.25. The molecule has 1 N–H and O–H groups in total. The topological polar surface area (TPSA) is 15.3 Å². The van der Waals surface area contributed by atoms with Crippen LogP contribution in [0.4, 0.5) is 10.1 Å². The van der Waals surface area contributed by atoms with Crippen LogP contribution in [0.2, 0.25) is 0 Å². The molecule has 1 aromatic rings. The number of hydrogen-bond donors (Lipinski definition) is 1.